The van der Waals surface area contributed by atoms with Gasteiger partial charge in [0.1, 0.15) is 12.3 Å². The summed E-state index contributed by atoms with van der Waals surface area (Å²) in [7, 11) is 0. The maximum atomic E-state index is 11.7. The van der Waals surface area contributed by atoms with E-state index in [1.165, 1.54) is 18.7 Å². The van der Waals surface area contributed by atoms with Crippen molar-refractivity contribution in [3.8, 4) is 0 Å². The molecule has 3 rings (SSSR count). The third kappa shape index (κ3) is 4.29. The zero-order chi connectivity index (χ0) is 19.4. The van der Waals surface area contributed by atoms with E-state index in [0.717, 1.165) is 4.90 Å². The molecule has 0 saturated heterocycles. The molecule has 2 N–H and O–H groups in total. The van der Waals surface area contributed by atoms with Crippen LogP contribution in [-0.2, 0) is 9.53 Å². The Balaban J connectivity index is 1.99. The van der Waals surface area contributed by atoms with Crippen LogP contribution in [-0.4, -0.2) is 39.6 Å². The van der Waals surface area contributed by atoms with E-state index in [4.69, 9.17) is 21.0 Å². The number of aromatic nitrogens is 2. The predicted octanol–water partition coefficient (Wildman–Crippen LogP) is 3.80. The number of hydrogen-bond acceptors (Lipinski definition) is 8. The first-order chi connectivity index (χ1) is 13.0. The highest BCUT2D eigenvalue weighted by Gasteiger charge is 2.29. The molecule has 0 atom stereocenters. The molecule has 2 aromatic carbocycles. The molecule has 0 bridgehead atoms. The minimum atomic E-state index is -0.421. The standard InChI is InChI=1S/C16H14ClN4O5S/c1-9(22)25-7-6-18-11-8-13(27-12-5-3-2-4-10(12)17)14-15(20-26-19-14)16(11)21(23)24/h2-5,8,18H,6-7H2,1H3,(H,23,24)/q+1. The lowest BCUT2D eigenvalue weighted by Crippen LogP contribution is -2.13. The first kappa shape index (κ1) is 18.9. The summed E-state index contributed by atoms with van der Waals surface area (Å²) in [6.07, 6.45) is 0. The number of rotatable bonds is 7. The van der Waals surface area contributed by atoms with Gasteiger partial charge < -0.3 is 10.1 Å². The maximum absolute atomic E-state index is 11.7. The van der Waals surface area contributed by atoms with Gasteiger partial charge >= 0.3 is 11.7 Å². The molecular weight excluding hydrogens is 396 g/mol. The van der Waals surface area contributed by atoms with Gasteiger partial charge in [0.15, 0.2) is 5.52 Å². The fourth-order valence-electron chi connectivity index (χ4n) is 2.33. The Morgan fingerprint density at radius 1 is 1.33 bits per heavy atom. The number of hydrogen-bond donors (Lipinski definition) is 2. The number of nitrogens with zero attached hydrogens (tertiary/aromatic N) is 3. The van der Waals surface area contributed by atoms with Crippen LogP contribution in [0.15, 0.2) is 44.8 Å². The van der Waals surface area contributed by atoms with E-state index < -0.39 is 5.97 Å². The lowest BCUT2D eigenvalue weighted by Gasteiger charge is -2.09. The van der Waals surface area contributed by atoms with Crippen molar-refractivity contribution < 1.29 is 24.3 Å². The van der Waals surface area contributed by atoms with Crippen LogP contribution in [0.5, 0.6) is 0 Å². The molecule has 0 fully saturated rings. The zero-order valence-electron chi connectivity index (χ0n) is 14.0. The van der Waals surface area contributed by atoms with Crippen LogP contribution in [0.4, 0.5) is 11.4 Å². The van der Waals surface area contributed by atoms with E-state index in [1.54, 1.807) is 12.1 Å². The Labute approximate surface area is 162 Å². The maximum Gasteiger partial charge on any atom is 0.370 e. The summed E-state index contributed by atoms with van der Waals surface area (Å²) in [6.45, 7) is 1.60. The van der Waals surface area contributed by atoms with Crippen molar-refractivity contribution in [3.63, 3.8) is 0 Å². The number of benzene rings is 2. The Morgan fingerprint density at radius 3 is 2.78 bits per heavy atom. The molecule has 0 unspecified atom stereocenters. The quantitative estimate of drug-likeness (QED) is 0.341. The number of fused-ring (bicyclic) bond motifs is 1. The summed E-state index contributed by atoms with van der Waals surface area (Å²) in [5.74, 6) is -0.421. The average molecular weight is 410 g/mol. The molecule has 0 spiro atoms. The van der Waals surface area contributed by atoms with E-state index in [-0.39, 0.29) is 35.0 Å². The van der Waals surface area contributed by atoms with Crippen LogP contribution in [0.1, 0.15) is 6.92 Å². The molecule has 140 valence electrons. The van der Waals surface area contributed by atoms with Crippen LogP contribution in [0.2, 0.25) is 5.02 Å². The molecule has 1 aromatic heterocycles. The van der Waals surface area contributed by atoms with Crippen molar-refractivity contribution in [1.29, 1.82) is 0 Å². The van der Waals surface area contributed by atoms with Crippen LogP contribution in [0.25, 0.3) is 11.0 Å². The Hall–Kier alpha value is -2.85. The third-order valence-corrected chi connectivity index (χ3v) is 5.00. The predicted molar refractivity (Wildman–Crippen MR) is 97.6 cm³/mol. The smallest absolute Gasteiger partial charge is 0.370 e. The van der Waals surface area contributed by atoms with Gasteiger partial charge in [-0.15, -0.1) is 0 Å². The summed E-state index contributed by atoms with van der Waals surface area (Å²) < 4.78 is 9.61. The number of carbonyl (C=O) groups excluding carboxylic acids is 1. The van der Waals surface area contributed by atoms with Gasteiger partial charge in [-0.1, -0.05) is 35.5 Å². The summed E-state index contributed by atoms with van der Waals surface area (Å²) in [4.78, 5) is 23.6. The summed E-state index contributed by atoms with van der Waals surface area (Å²) in [6, 6.07) is 8.85. The fourth-order valence-corrected chi connectivity index (χ4v) is 3.54. The second-order valence-electron chi connectivity index (χ2n) is 5.30. The number of halogens is 1. The van der Waals surface area contributed by atoms with Gasteiger partial charge in [-0.2, -0.15) is 0 Å². The number of anilines is 1. The van der Waals surface area contributed by atoms with E-state index in [2.05, 4.69) is 15.6 Å². The van der Waals surface area contributed by atoms with Crippen molar-refractivity contribution in [1.82, 2.24) is 10.3 Å². The monoisotopic (exact) mass is 409 g/mol. The minimum Gasteiger partial charge on any atom is -0.464 e. The number of ether oxygens (including phenoxy) is 1. The molecule has 0 aliphatic carbocycles. The molecule has 0 amide bonds. The van der Waals surface area contributed by atoms with Crippen molar-refractivity contribution in [3.05, 3.63) is 40.3 Å². The van der Waals surface area contributed by atoms with Gasteiger partial charge in [-0.25, -0.2) is 9.84 Å². The molecule has 0 aliphatic heterocycles. The van der Waals surface area contributed by atoms with Gasteiger partial charge in [0.25, 0.3) is 4.92 Å². The van der Waals surface area contributed by atoms with Crippen LogP contribution >= 0.6 is 23.4 Å². The highest BCUT2D eigenvalue weighted by molar-refractivity contribution is 7.99. The van der Waals surface area contributed by atoms with Gasteiger partial charge in [0, 0.05) is 23.3 Å². The van der Waals surface area contributed by atoms with Gasteiger partial charge in [-0.05, 0) is 28.5 Å². The molecule has 0 aliphatic rings. The van der Waals surface area contributed by atoms with Crippen LogP contribution in [0.3, 0.4) is 0 Å². The highest BCUT2D eigenvalue weighted by Crippen LogP contribution is 2.42. The molecule has 0 radical (unpaired) electrons. The Morgan fingerprint density at radius 2 is 2.07 bits per heavy atom. The normalized spacial score (nSPS) is 10.7. The van der Waals surface area contributed by atoms with E-state index >= 15 is 0 Å². The fraction of sp³-hybridized carbons (Fsp3) is 0.188. The molecule has 11 heteroatoms. The molecule has 9 nitrogen and oxygen atoms in total. The van der Waals surface area contributed by atoms with Crippen molar-refractivity contribution >= 4 is 51.7 Å². The SMILES string of the molecule is CC(=O)OCCNc1cc(Sc2ccccc2Cl)c2nonc2c1[N+](=O)O. The lowest BCUT2D eigenvalue weighted by atomic mass is 10.2. The minimum absolute atomic E-state index is 0.0829. The van der Waals surface area contributed by atoms with Crippen molar-refractivity contribution in [2.75, 3.05) is 18.5 Å². The summed E-state index contributed by atoms with van der Waals surface area (Å²) >= 11 is 7.52. The summed E-state index contributed by atoms with van der Waals surface area (Å²) in [5.41, 5.74) is 0.505. The van der Waals surface area contributed by atoms with E-state index in [0.29, 0.717) is 15.4 Å². The van der Waals surface area contributed by atoms with Crippen molar-refractivity contribution in [2.24, 2.45) is 0 Å². The largest absolute Gasteiger partial charge is 0.464 e. The topological polar surface area (TPSA) is 118 Å². The second-order valence-corrected chi connectivity index (χ2v) is 6.80. The number of nitrogens with one attached hydrogen (secondary N) is 1. The Kier molecular flexibility index (Phi) is 5.77. The van der Waals surface area contributed by atoms with Crippen molar-refractivity contribution in [2.45, 2.75) is 16.7 Å². The van der Waals surface area contributed by atoms with Gasteiger partial charge in [0.2, 0.25) is 5.52 Å². The molecule has 3 aromatic rings. The first-order valence-electron chi connectivity index (χ1n) is 7.72. The van der Waals surface area contributed by atoms with Crippen LogP contribution in [0, 0.1) is 4.91 Å². The second kappa shape index (κ2) is 8.23. The van der Waals surface area contributed by atoms with E-state index in [9.17, 15) is 14.9 Å². The molecule has 0 saturated carbocycles. The Bertz CT molecular complexity index is 1010. The lowest BCUT2D eigenvalue weighted by molar-refractivity contribution is -0.728. The third-order valence-electron chi connectivity index (χ3n) is 3.45. The zero-order valence-corrected chi connectivity index (χ0v) is 15.6. The summed E-state index contributed by atoms with van der Waals surface area (Å²) in [5, 5.41) is 20.5. The molecule has 27 heavy (non-hydrogen) atoms. The molecule has 1 heterocycles. The number of carbonyl (C=O) groups is 1. The highest BCUT2D eigenvalue weighted by atomic mass is 35.5. The molecular formula is C16H14ClN4O5S+. The van der Waals surface area contributed by atoms with Crippen LogP contribution < -0.4 is 5.32 Å². The number of esters is 1. The van der Waals surface area contributed by atoms with Gasteiger partial charge in [-0.3, -0.25) is 4.79 Å². The first-order valence-corrected chi connectivity index (χ1v) is 8.92. The van der Waals surface area contributed by atoms with Gasteiger partial charge in [0.05, 0.1) is 9.93 Å². The average Bonchev–Trinajstić information content (AvgIpc) is 3.09. The van der Waals surface area contributed by atoms with E-state index in [1.807, 2.05) is 18.2 Å².